The van der Waals surface area contributed by atoms with Crippen molar-refractivity contribution in [3.8, 4) is 0 Å². The molecule has 0 aromatic carbocycles. The van der Waals surface area contributed by atoms with Crippen LogP contribution in [0.2, 0.25) is 0 Å². The zero-order chi connectivity index (χ0) is 25.3. The zero-order valence-corrected chi connectivity index (χ0v) is 20.6. The number of esters is 1. The molecular formula is C26H38O9. The van der Waals surface area contributed by atoms with E-state index < -0.39 is 49.5 Å². The first kappa shape index (κ1) is 25.3. The number of fused-ring (bicyclic) bond motifs is 3. The van der Waals surface area contributed by atoms with Crippen LogP contribution in [0.15, 0.2) is 22.3 Å². The Kier molecular flexibility index (Phi) is 6.44. The van der Waals surface area contributed by atoms with Crippen molar-refractivity contribution in [1.82, 2.24) is 0 Å². The lowest BCUT2D eigenvalue weighted by Crippen LogP contribution is -2.60. The van der Waals surface area contributed by atoms with E-state index >= 15 is 0 Å². The largest absolute Gasteiger partial charge is 0.454 e. The summed E-state index contributed by atoms with van der Waals surface area (Å²) in [4.78, 5) is 12.2. The molecule has 10 atom stereocenters. The van der Waals surface area contributed by atoms with Gasteiger partial charge in [0.05, 0.1) is 13.2 Å². The van der Waals surface area contributed by atoms with Crippen LogP contribution in [0, 0.1) is 16.7 Å². The molecule has 1 saturated carbocycles. The maximum absolute atomic E-state index is 12.2. The number of carbonyl (C=O) groups is 1. The van der Waals surface area contributed by atoms with E-state index in [-0.39, 0.29) is 29.3 Å². The van der Waals surface area contributed by atoms with Crippen LogP contribution in [0.1, 0.15) is 59.3 Å². The van der Waals surface area contributed by atoms with Crippen molar-refractivity contribution < 1.29 is 44.5 Å². The Bertz CT molecular complexity index is 941. The molecule has 0 aromatic rings. The summed E-state index contributed by atoms with van der Waals surface area (Å²) >= 11 is 0. The van der Waals surface area contributed by atoms with Crippen molar-refractivity contribution in [2.45, 2.75) is 102 Å². The van der Waals surface area contributed by atoms with Crippen LogP contribution in [-0.4, -0.2) is 87.6 Å². The van der Waals surface area contributed by atoms with Gasteiger partial charge >= 0.3 is 5.97 Å². The van der Waals surface area contributed by atoms with Crippen LogP contribution in [0.5, 0.6) is 0 Å². The van der Waals surface area contributed by atoms with E-state index in [4.69, 9.17) is 14.2 Å². The predicted molar refractivity (Wildman–Crippen MR) is 123 cm³/mol. The van der Waals surface area contributed by atoms with Crippen LogP contribution in [0.25, 0.3) is 0 Å². The lowest BCUT2D eigenvalue weighted by Gasteiger charge is -2.58. The minimum atomic E-state index is -1.47. The molecule has 5 N–H and O–H groups in total. The number of ether oxygens (including phenoxy) is 3. The summed E-state index contributed by atoms with van der Waals surface area (Å²) in [6.45, 7) is 5.94. The number of aliphatic hydroxyl groups is 5. The maximum atomic E-state index is 12.2. The second kappa shape index (κ2) is 8.90. The molecule has 1 saturated heterocycles. The molecule has 0 radical (unpaired) electrons. The Hall–Kier alpha value is -1.33. The minimum Gasteiger partial charge on any atom is -0.454 e. The van der Waals surface area contributed by atoms with E-state index in [0.29, 0.717) is 12.0 Å². The van der Waals surface area contributed by atoms with Crippen LogP contribution in [0.3, 0.4) is 0 Å². The molecule has 9 heteroatoms. The Balaban J connectivity index is 1.37. The molecule has 5 aliphatic rings. The normalized spacial score (nSPS) is 47.8. The zero-order valence-electron chi connectivity index (χ0n) is 20.6. The first-order valence-electron chi connectivity index (χ1n) is 12.8. The van der Waals surface area contributed by atoms with E-state index in [0.717, 1.165) is 43.3 Å². The van der Waals surface area contributed by atoms with Gasteiger partial charge in [0.15, 0.2) is 6.29 Å². The quantitative estimate of drug-likeness (QED) is 0.282. The van der Waals surface area contributed by atoms with Gasteiger partial charge in [-0.15, -0.1) is 0 Å². The molecule has 5 rings (SSSR count). The summed E-state index contributed by atoms with van der Waals surface area (Å²) in [5.41, 5.74) is 3.05. The van der Waals surface area contributed by atoms with Gasteiger partial charge in [-0.3, -0.25) is 0 Å². The monoisotopic (exact) mass is 494 g/mol. The number of hydrogen-bond acceptors (Lipinski definition) is 9. The van der Waals surface area contributed by atoms with Crippen molar-refractivity contribution >= 4 is 5.97 Å². The molecule has 0 spiro atoms. The Labute approximate surface area is 205 Å². The molecule has 9 nitrogen and oxygen atoms in total. The van der Waals surface area contributed by atoms with E-state index in [9.17, 15) is 30.3 Å². The summed E-state index contributed by atoms with van der Waals surface area (Å²) in [5, 5.41) is 51.3. The van der Waals surface area contributed by atoms with Gasteiger partial charge in [0.1, 0.15) is 36.6 Å². The summed E-state index contributed by atoms with van der Waals surface area (Å²) in [5.74, 6) is -0.102. The van der Waals surface area contributed by atoms with Gasteiger partial charge in [-0.2, -0.15) is 0 Å². The van der Waals surface area contributed by atoms with Gasteiger partial charge in [0.25, 0.3) is 0 Å². The summed E-state index contributed by atoms with van der Waals surface area (Å²) in [6, 6.07) is 0. The SMILES string of the molecule is CC1=C2[C@@H](O)C3=C(C[C@H]2OC1=O)[C@]1(C)CCC[C@@](C)(CO[C@@H]2O[C@H](CO)[C@@H](O)[C@H](O)[C@H]2O)[C@@H]1CC3. The molecule has 35 heavy (non-hydrogen) atoms. The van der Waals surface area contributed by atoms with Gasteiger partial charge in [0, 0.05) is 17.6 Å². The highest BCUT2D eigenvalue weighted by Gasteiger charge is 2.56. The van der Waals surface area contributed by atoms with Gasteiger partial charge in [0.2, 0.25) is 0 Å². The number of hydrogen-bond donors (Lipinski definition) is 5. The van der Waals surface area contributed by atoms with E-state index in [1.807, 2.05) is 0 Å². The molecular weight excluding hydrogens is 456 g/mol. The van der Waals surface area contributed by atoms with Crippen molar-refractivity contribution in [3.63, 3.8) is 0 Å². The average Bonchev–Trinajstić information content (AvgIpc) is 3.11. The lowest BCUT2D eigenvalue weighted by molar-refractivity contribution is -0.308. The van der Waals surface area contributed by atoms with Gasteiger partial charge < -0.3 is 39.7 Å². The molecule has 2 aliphatic heterocycles. The number of aliphatic hydroxyl groups excluding tert-OH is 5. The first-order valence-corrected chi connectivity index (χ1v) is 12.8. The third kappa shape index (κ3) is 3.82. The smallest absolute Gasteiger partial charge is 0.334 e. The van der Waals surface area contributed by atoms with Crippen LogP contribution in [0.4, 0.5) is 0 Å². The van der Waals surface area contributed by atoms with Crippen molar-refractivity contribution in [2.24, 2.45) is 16.7 Å². The fraction of sp³-hybridized carbons (Fsp3) is 0.808. The van der Waals surface area contributed by atoms with E-state index in [2.05, 4.69) is 13.8 Å². The van der Waals surface area contributed by atoms with Crippen LogP contribution < -0.4 is 0 Å². The Morgan fingerprint density at radius 1 is 1.09 bits per heavy atom. The molecule has 0 amide bonds. The molecule has 2 fully saturated rings. The molecule has 2 heterocycles. The van der Waals surface area contributed by atoms with Gasteiger partial charge in [-0.25, -0.2) is 4.79 Å². The number of carbonyl (C=O) groups excluding carboxylic acids is 1. The third-order valence-electron chi connectivity index (χ3n) is 9.61. The van der Waals surface area contributed by atoms with Crippen molar-refractivity contribution in [3.05, 3.63) is 22.3 Å². The van der Waals surface area contributed by atoms with Crippen molar-refractivity contribution in [2.75, 3.05) is 13.2 Å². The fourth-order valence-electron chi connectivity index (χ4n) is 7.69. The first-order chi connectivity index (χ1) is 16.5. The van der Waals surface area contributed by atoms with E-state index in [1.54, 1.807) is 6.92 Å². The molecule has 0 unspecified atom stereocenters. The Morgan fingerprint density at radius 3 is 2.54 bits per heavy atom. The molecule has 0 bridgehead atoms. The highest BCUT2D eigenvalue weighted by atomic mass is 16.7. The predicted octanol–water partition coefficient (Wildman–Crippen LogP) is 0.712. The summed E-state index contributed by atoms with van der Waals surface area (Å²) in [6.07, 6.45) is -2.58. The van der Waals surface area contributed by atoms with Crippen LogP contribution >= 0.6 is 0 Å². The average molecular weight is 495 g/mol. The fourth-order valence-corrected chi connectivity index (χ4v) is 7.69. The molecule has 0 aromatic heterocycles. The second-order valence-corrected chi connectivity index (χ2v) is 11.6. The summed E-state index contributed by atoms with van der Waals surface area (Å²) < 4.78 is 17.2. The van der Waals surface area contributed by atoms with Gasteiger partial charge in [-0.05, 0) is 54.9 Å². The van der Waals surface area contributed by atoms with Gasteiger partial charge in [-0.1, -0.05) is 25.8 Å². The Morgan fingerprint density at radius 2 is 1.83 bits per heavy atom. The standard InChI is InChI=1S/C26H38O9/c1-12-18-15(34-23(12)32)9-14-13(19(18)28)5-6-17-25(2,7-4-8-26(14,17)3)11-33-24-22(31)21(30)20(29)16(10-27)35-24/h15-17,19-22,24,27-31H,4-11H2,1-3H3/t15-,16-,17+,19+,20-,21+,22-,24-,25+,26+/m1/s1. The third-order valence-corrected chi connectivity index (χ3v) is 9.61. The second-order valence-electron chi connectivity index (χ2n) is 11.6. The molecule has 3 aliphatic carbocycles. The van der Waals surface area contributed by atoms with Crippen molar-refractivity contribution in [1.29, 1.82) is 0 Å². The number of rotatable bonds is 4. The van der Waals surface area contributed by atoms with E-state index in [1.165, 1.54) is 5.57 Å². The lowest BCUT2D eigenvalue weighted by atomic mass is 9.48. The highest BCUT2D eigenvalue weighted by Crippen LogP contribution is 2.62. The molecule has 196 valence electrons. The minimum absolute atomic E-state index is 0.186. The van der Waals surface area contributed by atoms with Crippen LogP contribution in [-0.2, 0) is 19.0 Å². The summed E-state index contributed by atoms with van der Waals surface area (Å²) in [7, 11) is 0. The topological polar surface area (TPSA) is 146 Å². The highest BCUT2D eigenvalue weighted by molar-refractivity contribution is 5.92. The maximum Gasteiger partial charge on any atom is 0.334 e.